The van der Waals surface area contributed by atoms with Crippen LogP contribution in [0.25, 0.3) is 0 Å². The maximum absolute atomic E-state index is 11.8. The summed E-state index contributed by atoms with van der Waals surface area (Å²) < 4.78 is 21.1. The lowest BCUT2D eigenvalue weighted by Crippen LogP contribution is -2.64. The first-order valence-corrected chi connectivity index (χ1v) is 8.87. The quantitative estimate of drug-likeness (QED) is 0.177. The molecule has 1 aliphatic rings. The fourth-order valence-corrected chi connectivity index (χ4v) is 3.23. The molecule has 1 aliphatic carbocycles. The highest BCUT2D eigenvalue weighted by atomic mass is 31.2. The minimum atomic E-state index is -4.64. The molecule has 10 nitrogen and oxygen atoms in total. The summed E-state index contributed by atoms with van der Waals surface area (Å²) >= 11 is 0. The highest BCUT2D eigenvalue weighted by Gasteiger charge is 2.51. The average Bonchev–Trinajstić information content (AvgIpc) is 2.51. The van der Waals surface area contributed by atoms with Crippen LogP contribution in [0.2, 0.25) is 0 Å². The van der Waals surface area contributed by atoms with Gasteiger partial charge in [0.15, 0.2) is 0 Å². The summed E-state index contributed by atoms with van der Waals surface area (Å²) in [6.07, 6.45) is -8.62. The zero-order chi connectivity index (χ0) is 17.6. The Labute approximate surface area is 133 Å². The van der Waals surface area contributed by atoms with Gasteiger partial charge in [-0.3, -0.25) is 9.05 Å². The molecule has 0 radical (unpaired) electrons. The Bertz CT molecular complexity index is 378. The molecule has 0 aromatic heterocycles. The number of aliphatic hydroxyl groups is 6. The van der Waals surface area contributed by atoms with Gasteiger partial charge in [-0.1, -0.05) is 12.8 Å². The molecular formula is C12H25O10P. The third kappa shape index (κ3) is 6.02. The zero-order valence-electron chi connectivity index (χ0n) is 12.5. The monoisotopic (exact) mass is 360 g/mol. The fourth-order valence-electron chi connectivity index (χ4n) is 2.25. The van der Waals surface area contributed by atoms with Crippen molar-refractivity contribution in [2.24, 2.45) is 0 Å². The normalized spacial score (nSPS) is 37.5. The van der Waals surface area contributed by atoms with Crippen LogP contribution in [-0.4, -0.2) is 85.4 Å². The SMILES string of the molecule is O=P(O)(OCCCCCCO)OC1[C@H](O)[C@H](O)C(O)[C@H](O)[C@H]1O. The number of rotatable bonds is 9. The molecular weight excluding hydrogens is 335 g/mol. The maximum atomic E-state index is 11.8. The molecule has 0 saturated heterocycles. The van der Waals surface area contributed by atoms with Crippen LogP contribution in [0.3, 0.4) is 0 Å². The van der Waals surface area contributed by atoms with E-state index in [0.717, 1.165) is 6.42 Å². The summed E-state index contributed by atoms with van der Waals surface area (Å²) in [6, 6.07) is 0. The van der Waals surface area contributed by atoms with E-state index >= 15 is 0 Å². The molecule has 7 N–H and O–H groups in total. The Balaban J connectivity index is 2.50. The molecule has 23 heavy (non-hydrogen) atoms. The predicted molar refractivity (Wildman–Crippen MR) is 76.2 cm³/mol. The number of phosphoric ester groups is 1. The van der Waals surface area contributed by atoms with Crippen LogP contribution >= 0.6 is 7.82 Å². The molecule has 138 valence electrons. The van der Waals surface area contributed by atoms with Crippen LogP contribution in [0, 0.1) is 0 Å². The zero-order valence-corrected chi connectivity index (χ0v) is 13.4. The van der Waals surface area contributed by atoms with Gasteiger partial charge in [-0.2, -0.15) is 0 Å². The van der Waals surface area contributed by atoms with E-state index in [1.807, 2.05) is 0 Å². The topological polar surface area (TPSA) is 177 Å². The van der Waals surface area contributed by atoms with E-state index in [0.29, 0.717) is 19.3 Å². The minimum Gasteiger partial charge on any atom is -0.396 e. The maximum Gasteiger partial charge on any atom is 0.472 e. The van der Waals surface area contributed by atoms with Gasteiger partial charge in [0.1, 0.15) is 36.6 Å². The van der Waals surface area contributed by atoms with E-state index < -0.39 is 44.4 Å². The van der Waals surface area contributed by atoms with E-state index in [4.69, 9.17) is 5.11 Å². The van der Waals surface area contributed by atoms with Crippen LogP contribution in [0.15, 0.2) is 0 Å². The van der Waals surface area contributed by atoms with Crippen molar-refractivity contribution in [2.45, 2.75) is 62.3 Å². The highest BCUT2D eigenvalue weighted by molar-refractivity contribution is 7.47. The van der Waals surface area contributed by atoms with Crippen molar-refractivity contribution >= 4 is 7.82 Å². The highest BCUT2D eigenvalue weighted by Crippen LogP contribution is 2.47. The molecule has 0 aliphatic heterocycles. The molecule has 0 amide bonds. The van der Waals surface area contributed by atoms with E-state index in [-0.39, 0.29) is 13.2 Å². The Morgan fingerprint density at radius 3 is 1.78 bits per heavy atom. The molecule has 1 saturated carbocycles. The van der Waals surface area contributed by atoms with E-state index in [1.165, 1.54) is 0 Å². The van der Waals surface area contributed by atoms with Crippen molar-refractivity contribution < 1.29 is 49.1 Å². The number of hydrogen-bond donors (Lipinski definition) is 7. The first-order valence-electron chi connectivity index (χ1n) is 7.38. The lowest BCUT2D eigenvalue weighted by atomic mass is 9.85. The summed E-state index contributed by atoms with van der Waals surface area (Å²) in [4.78, 5) is 9.57. The van der Waals surface area contributed by atoms with Gasteiger partial charge in [0.25, 0.3) is 0 Å². The number of unbranched alkanes of at least 4 members (excludes halogenated alkanes) is 3. The molecule has 0 aromatic rings. The second-order valence-electron chi connectivity index (χ2n) is 5.46. The van der Waals surface area contributed by atoms with Gasteiger partial charge in [-0.25, -0.2) is 4.57 Å². The molecule has 0 heterocycles. The predicted octanol–water partition coefficient (Wildman–Crippen LogP) is -2.14. The summed E-state index contributed by atoms with van der Waals surface area (Å²) in [7, 11) is -4.64. The molecule has 3 unspecified atom stereocenters. The van der Waals surface area contributed by atoms with E-state index in [2.05, 4.69) is 9.05 Å². The van der Waals surface area contributed by atoms with Crippen LogP contribution in [0.4, 0.5) is 0 Å². The molecule has 11 heteroatoms. The summed E-state index contributed by atoms with van der Waals surface area (Å²) in [5.74, 6) is 0. The molecule has 1 fully saturated rings. The van der Waals surface area contributed by atoms with Gasteiger partial charge >= 0.3 is 7.82 Å². The van der Waals surface area contributed by atoms with Crippen LogP contribution in [0.1, 0.15) is 25.7 Å². The van der Waals surface area contributed by atoms with Crippen molar-refractivity contribution in [1.29, 1.82) is 0 Å². The molecule has 0 spiro atoms. The Kier molecular flexibility index (Phi) is 8.53. The summed E-state index contributed by atoms with van der Waals surface area (Å²) in [5.41, 5.74) is 0. The Morgan fingerprint density at radius 2 is 1.26 bits per heavy atom. The van der Waals surface area contributed by atoms with Crippen molar-refractivity contribution in [3.63, 3.8) is 0 Å². The Hall–Kier alpha value is -0.130. The van der Waals surface area contributed by atoms with Crippen molar-refractivity contribution in [1.82, 2.24) is 0 Å². The van der Waals surface area contributed by atoms with Gasteiger partial charge in [0.05, 0.1) is 6.61 Å². The van der Waals surface area contributed by atoms with Crippen LogP contribution in [0.5, 0.6) is 0 Å². The lowest BCUT2D eigenvalue weighted by molar-refractivity contribution is -0.220. The van der Waals surface area contributed by atoms with E-state index in [9.17, 15) is 35.0 Å². The van der Waals surface area contributed by atoms with E-state index in [1.54, 1.807) is 0 Å². The van der Waals surface area contributed by atoms with Gasteiger partial charge in [-0.05, 0) is 12.8 Å². The van der Waals surface area contributed by atoms with Gasteiger partial charge in [-0.15, -0.1) is 0 Å². The first kappa shape index (κ1) is 20.9. The Morgan fingerprint density at radius 1 is 0.783 bits per heavy atom. The molecule has 1 rings (SSSR count). The molecule has 0 bridgehead atoms. The van der Waals surface area contributed by atoms with Gasteiger partial charge in [0, 0.05) is 6.61 Å². The fraction of sp³-hybridized carbons (Fsp3) is 1.00. The van der Waals surface area contributed by atoms with Crippen molar-refractivity contribution in [3.8, 4) is 0 Å². The van der Waals surface area contributed by atoms with Crippen LogP contribution < -0.4 is 0 Å². The number of aliphatic hydroxyl groups excluding tert-OH is 6. The van der Waals surface area contributed by atoms with Gasteiger partial charge in [0.2, 0.25) is 0 Å². The number of phosphoric acid groups is 1. The molecule has 0 aromatic carbocycles. The summed E-state index contributed by atoms with van der Waals surface area (Å²) in [6.45, 7) is -0.0533. The average molecular weight is 360 g/mol. The van der Waals surface area contributed by atoms with Gasteiger partial charge < -0.3 is 35.5 Å². The first-order chi connectivity index (χ1) is 10.7. The summed E-state index contributed by atoms with van der Waals surface area (Å²) in [5, 5.41) is 56.4. The number of hydrogen-bond acceptors (Lipinski definition) is 9. The van der Waals surface area contributed by atoms with Crippen molar-refractivity contribution in [2.75, 3.05) is 13.2 Å². The lowest BCUT2D eigenvalue weighted by Gasteiger charge is -2.41. The minimum absolute atomic E-state index is 0.0659. The third-order valence-corrected chi connectivity index (χ3v) is 4.65. The molecule has 7 atom stereocenters. The third-order valence-electron chi connectivity index (χ3n) is 3.63. The second kappa shape index (κ2) is 9.38. The second-order valence-corrected chi connectivity index (χ2v) is 6.87. The standard InChI is InChI=1S/C12H25O10P/c13-5-3-1-2-4-6-21-23(19,20)22-12-10(17)8(15)7(14)9(16)11(12)18/h7-18H,1-6H2,(H,19,20)/t7?,8-,9+,10-,11-,12?/m1/s1. The smallest absolute Gasteiger partial charge is 0.396 e. The van der Waals surface area contributed by atoms with Crippen LogP contribution in [-0.2, 0) is 13.6 Å². The van der Waals surface area contributed by atoms with Crippen molar-refractivity contribution in [3.05, 3.63) is 0 Å². The largest absolute Gasteiger partial charge is 0.472 e.